The molecule has 0 aromatic carbocycles. The third-order valence-electron chi connectivity index (χ3n) is 4.38. The number of amides is 1. The van der Waals surface area contributed by atoms with Gasteiger partial charge in [0.25, 0.3) is 0 Å². The monoisotopic (exact) mass is 410 g/mol. The fourth-order valence-electron chi connectivity index (χ4n) is 3.03. The Balaban J connectivity index is 0. The maximum absolute atomic E-state index is 13.3. The molecule has 1 rings (SSSR count). The van der Waals surface area contributed by atoms with Gasteiger partial charge in [-0.25, -0.2) is 0 Å². The van der Waals surface area contributed by atoms with Crippen molar-refractivity contribution in [3.8, 4) is 0 Å². The van der Waals surface area contributed by atoms with E-state index in [2.05, 4.69) is 10.6 Å². The molecule has 10 heteroatoms. The molecule has 2 atom stereocenters. The van der Waals surface area contributed by atoms with Crippen LogP contribution in [-0.2, 0) is 4.79 Å². The molecular formula is C15H31Cl2F3N4O. The zero-order chi connectivity index (χ0) is 17.5. The second kappa shape index (κ2) is 13.0. The molecule has 1 saturated heterocycles. The summed E-state index contributed by atoms with van der Waals surface area (Å²) in [5, 5.41) is 5.56. The molecule has 25 heavy (non-hydrogen) atoms. The van der Waals surface area contributed by atoms with E-state index in [1.807, 2.05) is 25.7 Å². The first kappa shape index (κ1) is 26.9. The van der Waals surface area contributed by atoms with Crippen LogP contribution >= 0.6 is 24.8 Å². The molecule has 0 saturated carbocycles. The van der Waals surface area contributed by atoms with E-state index in [1.165, 1.54) is 4.90 Å². The molecule has 0 radical (unpaired) electrons. The maximum atomic E-state index is 13.3. The van der Waals surface area contributed by atoms with Crippen molar-refractivity contribution in [2.24, 2.45) is 0 Å². The summed E-state index contributed by atoms with van der Waals surface area (Å²) in [6, 6.07) is -2.00. The van der Waals surface area contributed by atoms with Crippen molar-refractivity contribution in [2.75, 3.05) is 45.8 Å². The molecule has 0 aromatic heterocycles. The van der Waals surface area contributed by atoms with Gasteiger partial charge in [0.2, 0.25) is 5.91 Å². The molecule has 0 bridgehead atoms. The first-order valence-electron chi connectivity index (χ1n) is 8.38. The summed E-state index contributed by atoms with van der Waals surface area (Å²) < 4.78 is 39.9. The van der Waals surface area contributed by atoms with Crippen LogP contribution in [0.5, 0.6) is 0 Å². The standard InChI is InChI=1S/C15H29F3N4O.2ClH/c1-4-12(21(5-2)6-3)14(23)20-11-13(15(16,17)18)22-9-7-19-8-10-22;;/h12-13,19H,4-11H2,1-3H3,(H,20,23);2*1H. The van der Waals surface area contributed by atoms with Crippen molar-refractivity contribution < 1.29 is 18.0 Å². The lowest BCUT2D eigenvalue weighted by molar-refractivity contribution is -0.184. The van der Waals surface area contributed by atoms with Gasteiger partial charge >= 0.3 is 6.18 Å². The van der Waals surface area contributed by atoms with Gasteiger partial charge in [0.1, 0.15) is 6.04 Å². The molecule has 1 fully saturated rings. The highest BCUT2D eigenvalue weighted by Crippen LogP contribution is 2.24. The number of halogens is 5. The highest BCUT2D eigenvalue weighted by Gasteiger charge is 2.44. The number of rotatable bonds is 8. The number of nitrogens with one attached hydrogen (secondary N) is 2. The lowest BCUT2D eigenvalue weighted by Crippen LogP contribution is -2.58. The topological polar surface area (TPSA) is 47.6 Å². The van der Waals surface area contributed by atoms with E-state index >= 15 is 0 Å². The Hall–Kier alpha value is -0.280. The van der Waals surface area contributed by atoms with Crippen LogP contribution in [0.25, 0.3) is 0 Å². The predicted octanol–water partition coefficient (Wildman–Crippen LogP) is 1.90. The van der Waals surface area contributed by atoms with Gasteiger partial charge < -0.3 is 10.6 Å². The van der Waals surface area contributed by atoms with E-state index in [9.17, 15) is 18.0 Å². The number of likely N-dealkylation sites (N-methyl/N-ethyl adjacent to an activating group) is 1. The minimum Gasteiger partial charge on any atom is -0.353 e. The number of carbonyl (C=O) groups excluding carboxylic acids is 1. The number of piperazine rings is 1. The van der Waals surface area contributed by atoms with Crippen LogP contribution < -0.4 is 10.6 Å². The number of hydrogen-bond acceptors (Lipinski definition) is 4. The van der Waals surface area contributed by atoms with Crippen LogP contribution in [0.4, 0.5) is 13.2 Å². The molecule has 1 heterocycles. The van der Waals surface area contributed by atoms with E-state index in [4.69, 9.17) is 0 Å². The Kier molecular flexibility index (Phi) is 14.0. The Morgan fingerprint density at radius 3 is 2.08 bits per heavy atom. The summed E-state index contributed by atoms with van der Waals surface area (Å²) in [5.74, 6) is -0.319. The molecule has 0 aliphatic carbocycles. The average Bonchev–Trinajstić information content (AvgIpc) is 2.52. The van der Waals surface area contributed by atoms with Crippen LogP contribution in [0.2, 0.25) is 0 Å². The molecule has 1 aliphatic heterocycles. The fourth-order valence-corrected chi connectivity index (χ4v) is 3.03. The minimum atomic E-state index is -4.35. The Bertz CT molecular complexity index is 365. The zero-order valence-electron chi connectivity index (χ0n) is 15.1. The van der Waals surface area contributed by atoms with Gasteiger partial charge in [0, 0.05) is 32.7 Å². The van der Waals surface area contributed by atoms with E-state index < -0.39 is 12.2 Å². The van der Waals surface area contributed by atoms with Gasteiger partial charge in [-0.2, -0.15) is 13.2 Å². The first-order valence-corrected chi connectivity index (χ1v) is 8.38. The lowest BCUT2D eigenvalue weighted by atomic mass is 10.1. The molecule has 2 N–H and O–H groups in total. The molecule has 5 nitrogen and oxygen atoms in total. The minimum absolute atomic E-state index is 0. The Labute approximate surface area is 160 Å². The number of alkyl halides is 3. The molecule has 0 spiro atoms. The van der Waals surface area contributed by atoms with Crippen LogP contribution in [0.15, 0.2) is 0 Å². The third kappa shape index (κ3) is 8.30. The number of hydrogen-bond donors (Lipinski definition) is 2. The largest absolute Gasteiger partial charge is 0.405 e. The Morgan fingerprint density at radius 2 is 1.68 bits per heavy atom. The van der Waals surface area contributed by atoms with Crippen LogP contribution in [-0.4, -0.2) is 79.8 Å². The molecule has 1 amide bonds. The second-order valence-electron chi connectivity index (χ2n) is 5.73. The normalized spacial score (nSPS) is 18.0. The molecule has 1 aliphatic rings. The van der Waals surface area contributed by atoms with E-state index in [-0.39, 0.29) is 43.3 Å². The summed E-state index contributed by atoms with van der Waals surface area (Å²) in [6.07, 6.45) is -3.76. The highest BCUT2D eigenvalue weighted by atomic mass is 35.5. The van der Waals surface area contributed by atoms with Gasteiger partial charge in [-0.05, 0) is 19.5 Å². The van der Waals surface area contributed by atoms with Crippen molar-refractivity contribution in [3.05, 3.63) is 0 Å². The van der Waals surface area contributed by atoms with Gasteiger partial charge in [-0.15, -0.1) is 24.8 Å². The first-order chi connectivity index (χ1) is 10.8. The summed E-state index contributed by atoms with van der Waals surface area (Å²) in [7, 11) is 0. The van der Waals surface area contributed by atoms with Crippen molar-refractivity contribution in [3.63, 3.8) is 0 Å². The van der Waals surface area contributed by atoms with Gasteiger partial charge in [-0.3, -0.25) is 14.6 Å². The van der Waals surface area contributed by atoms with Crippen LogP contribution in [0.3, 0.4) is 0 Å². The van der Waals surface area contributed by atoms with Crippen LogP contribution in [0, 0.1) is 0 Å². The SMILES string of the molecule is CCC(C(=O)NCC(N1CCNCC1)C(F)(F)F)N(CC)CC.Cl.Cl. The summed E-state index contributed by atoms with van der Waals surface area (Å²) in [4.78, 5) is 15.7. The summed E-state index contributed by atoms with van der Waals surface area (Å²) in [6.45, 7) is 8.53. The molecular weight excluding hydrogens is 380 g/mol. The van der Waals surface area contributed by atoms with Crippen molar-refractivity contribution in [1.29, 1.82) is 0 Å². The van der Waals surface area contributed by atoms with Gasteiger partial charge in [-0.1, -0.05) is 20.8 Å². The van der Waals surface area contributed by atoms with Gasteiger partial charge in [0.15, 0.2) is 0 Å². The fraction of sp³-hybridized carbons (Fsp3) is 0.933. The number of carbonyl (C=O) groups is 1. The van der Waals surface area contributed by atoms with E-state index in [0.29, 0.717) is 45.7 Å². The van der Waals surface area contributed by atoms with Crippen molar-refractivity contribution >= 4 is 30.7 Å². The summed E-state index contributed by atoms with van der Waals surface area (Å²) in [5.41, 5.74) is 0. The Morgan fingerprint density at radius 1 is 1.16 bits per heavy atom. The molecule has 152 valence electrons. The lowest BCUT2D eigenvalue weighted by Gasteiger charge is -2.36. The highest BCUT2D eigenvalue weighted by molar-refractivity contribution is 5.85. The molecule has 2 unspecified atom stereocenters. The smallest absolute Gasteiger partial charge is 0.353 e. The zero-order valence-corrected chi connectivity index (χ0v) is 16.7. The maximum Gasteiger partial charge on any atom is 0.405 e. The quantitative estimate of drug-likeness (QED) is 0.641. The average molecular weight is 411 g/mol. The van der Waals surface area contributed by atoms with E-state index in [1.54, 1.807) is 0 Å². The summed E-state index contributed by atoms with van der Waals surface area (Å²) >= 11 is 0. The molecule has 0 aromatic rings. The predicted molar refractivity (Wildman–Crippen MR) is 98.8 cm³/mol. The van der Waals surface area contributed by atoms with Crippen molar-refractivity contribution in [2.45, 2.75) is 45.5 Å². The third-order valence-corrected chi connectivity index (χ3v) is 4.38. The van der Waals surface area contributed by atoms with Gasteiger partial charge in [0.05, 0.1) is 6.04 Å². The number of nitrogens with zero attached hydrogens (tertiary/aromatic N) is 2. The van der Waals surface area contributed by atoms with Crippen LogP contribution in [0.1, 0.15) is 27.2 Å². The second-order valence-corrected chi connectivity index (χ2v) is 5.73. The van der Waals surface area contributed by atoms with E-state index in [0.717, 1.165) is 0 Å². The van der Waals surface area contributed by atoms with Crippen molar-refractivity contribution in [1.82, 2.24) is 20.4 Å².